The molecule has 0 amide bonds. The minimum absolute atomic E-state index is 0.556. The van der Waals surface area contributed by atoms with E-state index < -0.39 is 0 Å². The fourth-order valence-electron chi connectivity index (χ4n) is 4.00. The number of nitrogens with one attached hydrogen (secondary N) is 1. The van der Waals surface area contributed by atoms with Gasteiger partial charge in [-0.15, -0.1) is 0 Å². The lowest BCUT2D eigenvalue weighted by Crippen LogP contribution is -2.40. The quantitative estimate of drug-likeness (QED) is 0.866. The van der Waals surface area contributed by atoms with Crippen LogP contribution in [0.25, 0.3) is 0 Å². The van der Waals surface area contributed by atoms with Gasteiger partial charge >= 0.3 is 0 Å². The molecule has 0 unspecified atom stereocenters. The Morgan fingerprint density at radius 1 is 1.24 bits per heavy atom. The predicted molar refractivity (Wildman–Crippen MR) is 93.1 cm³/mol. The number of thioether (sulfide) groups is 1. The zero-order chi connectivity index (χ0) is 14.5. The van der Waals surface area contributed by atoms with Crippen LogP contribution in [-0.2, 0) is 0 Å². The standard InChI is InChI=1S/C17H31N3S/c1-2-20-10-6-15(7-11-20)12-18-16-19-13-17(14-21-16)8-4-3-5-9-17/h15H,2-14H2,1H3,(H,18,19). The van der Waals surface area contributed by atoms with E-state index in [4.69, 9.17) is 4.99 Å². The van der Waals surface area contributed by atoms with E-state index in [1.54, 1.807) is 0 Å². The minimum Gasteiger partial charge on any atom is -0.365 e. The predicted octanol–water partition coefficient (Wildman–Crippen LogP) is 3.36. The Labute approximate surface area is 134 Å². The number of rotatable bonds is 3. The lowest BCUT2D eigenvalue weighted by atomic mass is 9.75. The number of aliphatic imine (C=N–C) groups is 1. The number of hydrogen-bond donors (Lipinski definition) is 1. The van der Waals surface area contributed by atoms with E-state index in [-0.39, 0.29) is 0 Å². The summed E-state index contributed by atoms with van der Waals surface area (Å²) in [5.41, 5.74) is 0.556. The molecule has 1 aliphatic carbocycles. The Balaban J connectivity index is 1.40. The number of amidine groups is 1. The largest absolute Gasteiger partial charge is 0.365 e. The maximum Gasteiger partial charge on any atom is 0.156 e. The van der Waals surface area contributed by atoms with Crippen molar-refractivity contribution in [3.8, 4) is 0 Å². The first kappa shape index (κ1) is 15.7. The number of hydrogen-bond acceptors (Lipinski definition) is 4. The fraction of sp³-hybridized carbons (Fsp3) is 0.941. The molecule has 2 aliphatic heterocycles. The van der Waals surface area contributed by atoms with E-state index in [0.29, 0.717) is 5.41 Å². The van der Waals surface area contributed by atoms with Crippen LogP contribution in [0.15, 0.2) is 4.99 Å². The maximum atomic E-state index is 4.88. The molecule has 0 bridgehead atoms. The zero-order valence-corrected chi connectivity index (χ0v) is 14.4. The van der Waals surface area contributed by atoms with Gasteiger partial charge < -0.3 is 10.2 Å². The lowest BCUT2D eigenvalue weighted by molar-refractivity contribution is 0.193. The summed E-state index contributed by atoms with van der Waals surface area (Å²) >= 11 is 1.99. The molecule has 120 valence electrons. The van der Waals surface area contributed by atoms with E-state index >= 15 is 0 Å². The Morgan fingerprint density at radius 2 is 2.00 bits per heavy atom. The third-order valence-corrected chi connectivity index (χ3v) is 6.99. The van der Waals surface area contributed by atoms with Gasteiger partial charge in [0.1, 0.15) is 0 Å². The second-order valence-corrected chi connectivity index (χ2v) is 8.19. The van der Waals surface area contributed by atoms with E-state index in [1.165, 1.54) is 75.5 Å². The molecule has 0 aromatic rings. The average Bonchev–Trinajstić information content (AvgIpc) is 2.56. The summed E-state index contributed by atoms with van der Waals surface area (Å²) in [6.07, 6.45) is 9.81. The molecule has 0 aromatic carbocycles. The van der Waals surface area contributed by atoms with Crippen molar-refractivity contribution in [3.63, 3.8) is 0 Å². The summed E-state index contributed by atoms with van der Waals surface area (Å²) in [4.78, 5) is 7.45. The molecule has 2 heterocycles. The first-order chi connectivity index (χ1) is 10.3. The van der Waals surface area contributed by atoms with Crippen molar-refractivity contribution in [1.29, 1.82) is 0 Å². The van der Waals surface area contributed by atoms with E-state index in [2.05, 4.69) is 17.1 Å². The topological polar surface area (TPSA) is 27.6 Å². The molecule has 2 fully saturated rings. The Bertz CT molecular complexity index is 355. The van der Waals surface area contributed by atoms with Crippen LogP contribution in [0.1, 0.15) is 51.9 Å². The van der Waals surface area contributed by atoms with Gasteiger partial charge in [0, 0.05) is 18.8 Å². The summed E-state index contributed by atoms with van der Waals surface area (Å²) < 4.78 is 0. The first-order valence-corrected chi connectivity index (χ1v) is 9.92. The van der Waals surface area contributed by atoms with E-state index in [9.17, 15) is 0 Å². The van der Waals surface area contributed by atoms with Gasteiger partial charge in [-0.25, -0.2) is 0 Å². The van der Waals surface area contributed by atoms with Crippen molar-refractivity contribution in [2.24, 2.45) is 16.3 Å². The highest BCUT2D eigenvalue weighted by Gasteiger charge is 2.34. The molecule has 3 nitrogen and oxygen atoms in total. The van der Waals surface area contributed by atoms with E-state index in [0.717, 1.165) is 19.0 Å². The van der Waals surface area contributed by atoms with Gasteiger partial charge in [0.2, 0.25) is 0 Å². The monoisotopic (exact) mass is 309 g/mol. The maximum absolute atomic E-state index is 4.88. The first-order valence-electron chi connectivity index (χ1n) is 8.93. The van der Waals surface area contributed by atoms with Crippen LogP contribution >= 0.6 is 11.8 Å². The lowest BCUT2D eigenvalue weighted by Gasteiger charge is -2.38. The van der Waals surface area contributed by atoms with Crippen LogP contribution in [0.4, 0.5) is 0 Å². The van der Waals surface area contributed by atoms with Crippen LogP contribution in [-0.4, -0.2) is 48.5 Å². The van der Waals surface area contributed by atoms with Crippen LogP contribution in [0, 0.1) is 11.3 Å². The van der Waals surface area contributed by atoms with Crippen LogP contribution in [0.3, 0.4) is 0 Å². The van der Waals surface area contributed by atoms with Crippen molar-refractivity contribution >= 4 is 16.9 Å². The second-order valence-electron chi connectivity index (χ2n) is 7.23. The molecule has 0 radical (unpaired) electrons. The Morgan fingerprint density at radius 3 is 2.62 bits per heavy atom. The molecule has 1 spiro atoms. The molecular formula is C17H31N3S. The van der Waals surface area contributed by atoms with Crippen LogP contribution < -0.4 is 5.32 Å². The molecule has 21 heavy (non-hydrogen) atoms. The summed E-state index contributed by atoms with van der Waals surface area (Å²) in [6.45, 7) is 8.27. The summed E-state index contributed by atoms with van der Waals surface area (Å²) in [6, 6.07) is 0. The van der Waals surface area contributed by atoms with Crippen LogP contribution in [0.2, 0.25) is 0 Å². The Kier molecular flexibility index (Phi) is 5.49. The SMILES string of the molecule is CCN1CCC(CNC2=NCC3(CCCCC3)CS2)CC1. The fourth-order valence-corrected chi connectivity index (χ4v) is 5.17. The molecule has 0 atom stereocenters. The summed E-state index contributed by atoms with van der Waals surface area (Å²) in [5, 5.41) is 4.87. The van der Waals surface area contributed by atoms with Crippen molar-refractivity contribution in [1.82, 2.24) is 10.2 Å². The molecule has 3 rings (SSSR count). The average molecular weight is 310 g/mol. The third-order valence-electron chi connectivity index (χ3n) is 5.68. The van der Waals surface area contributed by atoms with Crippen LogP contribution in [0.5, 0.6) is 0 Å². The van der Waals surface area contributed by atoms with Crippen molar-refractivity contribution < 1.29 is 0 Å². The second kappa shape index (κ2) is 7.36. The molecule has 3 aliphatic rings. The number of piperidine rings is 1. The zero-order valence-electron chi connectivity index (χ0n) is 13.6. The van der Waals surface area contributed by atoms with Gasteiger partial charge in [-0.2, -0.15) is 0 Å². The molecule has 1 saturated carbocycles. The molecule has 1 saturated heterocycles. The van der Waals surface area contributed by atoms with E-state index in [1.807, 2.05) is 11.8 Å². The highest BCUT2D eigenvalue weighted by molar-refractivity contribution is 8.13. The molecule has 1 N–H and O–H groups in total. The highest BCUT2D eigenvalue weighted by atomic mass is 32.2. The minimum atomic E-state index is 0.556. The molecule has 4 heteroatoms. The molecular weight excluding hydrogens is 278 g/mol. The van der Waals surface area contributed by atoms with Crippen molar-refractivity contribution in [2.75, 3.05) is 38.5 Å². The van der Waals surface area contributed by atoms with Gasteiger partial charge in [0.05, 0.1) is 0 Å². The van der Waals surface area contributed by atoms with Crippen molar-refractivity contribution in [2.45, 2.75) is 51.9 Å². The Hall–Kier alpha value is -0.220. The van der Waals surface area contributed by atoms with Gasteiger partial charge in [-0.3, -0.25) is 4.99 Å². The van der Waals surface area contributed by atoms with Gasteiger partial charge in [-0.05, 0) is 56.7 Å². The van der Waals surface area contributed by atoms with Gasteiger partial charge in [-0.1, -0.05) is 37.9 Å². The smallest absolute Gasteiger partial charge is 0.156 e. The van der Waals surface area contributed by atoms with Crippen molar-refractivity contribution in [3.05, 3.63) is 0 Å². The normalized spacial score (nSPS) is 27.6. The highest BCUT2D eigenvalue weighted by Crippen LogP contribution is 2.41. The van der Waals surface area contributed by atoms with Gasteiger partial charge in [0.25, 0.3) is 0 Å². The summed E-state index contributed by atoms with van der Waals surface area (Å²) in [5.74, 6) is 2.15. The molecule has 0 aromatic heterocycles. The van der Waals surface area contributed by atoms with Gasteiger partial charge in [0.15, 0.2) is 5.17 Å². The number of likely N-dealkylation sites (tertiary alicyclic amines) is 1. The number of nitrogens with zero attached hydrogens (tertiary/aromatic N) is 2. The summed E-state index contributed by atoms with van der Waals surface area (Å²) in [7, 11) is 0. The third kappa shape index (κ3) is 4.16.